The van der Waals surface area contributed by atoms with Gasteiger partial charge in [-0.05, 0) is 25.5 Å². The molecule has 0 atom stereocenters. The Morgan fingerprint density at radius 3 is 2.76 bits per heavy atom. The highest BCUT2D eigenvalue weighted by Crippen LogP contribution is 2.30. The van der Waals surface area contributed by atoms with E-state index in [2.05, 4.69) is 10.2 Å². The molecular weight excluding hydrogens is 268 g/mol. The number of amides is 1. The second-order valence-corrected chi connectivity index (χ2v) is 5.06. The third-order valence-corrected chi connectivity index (χ3v) is 3.65. The molecule has 2 aromatic rings. The number of aromatic nitrogens is 3. The maximum atomic E-state index is 12.5. The number of anilines is 1. The van der Waals surface area contributed by atoms with Crippen LogP contribution >= 0.6 is 0 Å². The predicted octanol–water partition coefficient (Wildman–Crippen LogP) is 1.50. The van der Waals surface area contributed by atoms with Crippen LogP contribution in [0.25, 0.3) is 5.69 Å². The monoisotopic (exact) mass is 286 g/mol. The molecule has 0 unspecified atom stereocenters. The fraction of sp³-hybridized carbons (Fsp3) is 0.400. The number of rotatable bonds is 4. The van der Waals surface area contributed by atoms with Crippen molar-refractivity contribution in [1.29, 1.82) is 0 Å². The molecule has 0 saturated heterocycles. The summed E-state index contributed by atoms with van der Waals surface area (Å²) in [5.41, 5.74) is 1.86. The van der Waals surface area contributed by atoms with Gasteiger partial charge in [0.15, 0.2) is 0 Å². The normalized spacial score (nSPS) is 13.8. The van der Waals surface area contributed by atoms with Crippen molar-refractivity contribution in [2.24, 2.45) is 0 Å². The van der Waals surface area contributed by atoms with Gasteiger partial charge in [-0.3, -0.25) is 9.36 Å². The maximum absolute atomic E-state index is 12.5. The fourth-order valence-corrected chi connectivity index (χ4v) is 2.69. The SMILES string of the molecule is COCCCN1C(=O)Cc2nnc(C)n2-c2ccccc21. The largest absolute Gasteiger partial charge is 0.385 e. The lowest BCUT2D eigenvalue weighted by Crippen LogP contribution is -2.33. The first kappa shape index (κ1) is 13.8. The summed E-state index contributed by atoms with van der Waals surface area (Å²) in [6.45, 7) is 3.18. The summed E-state index contributed by atoms with van der Waals surface area (Å²) in [6.07, 6.45) is 1.07. The first-order valence-corrected chi connectivity index (χ1v) is 7.02. The van der Waals surface area contributed by atoms with Crippen LogP contribution in [0.4, 0.5) is 5.69 Å². The van der Waals surface area contributed by atoms with E-state index in [0.717, 1.165) is 23.6 Å². The Labute approximate surface area is 123 Å². The lowest BCUT2D eigenvalue weighted by Gasteiger charge is -2.22. The van der Waals surface area contributed by atoms with Crippen LogP contribution in [0.2, 0.25) is 0 Å². The number of benzene rings is 1. The number of carbonyl (C=O) groups excluding carboxylic acids is 1. The summed E-state index contributed by atoms with van der Waals surface area (Å²) >= 11 is 0. The number of para-hydroxylation sites is 2. The standard InChI is InChI=1S/C15H18N4O2/c1-11-16-17-14-10-15(20)18(8-5-9-21-2)12-6-3-4-7-13(12)19(11)14/h3-4,6-7H,5,8-10H2,1-2H3. The molecule has 0 N–H and O–H groups in total. The molecule has 0 fully saturated rings. The molecule has 1 aliphatic rings. The minimum absolute atomic E-state index is 0.0460. The van der Waals surface area contributed by atoms with E-state index in [9.17, 15) is 4.79 Å². The highest BCUT2D eigenvalue weighted by Gasteiger charge is 2.27. The van der Waals surface area contributed by atoms with Gasteiger partial charge in [-0.25, -0.2) is 0 Å². The molecular formula is C15H18N4O2. The van der Waals surface area contributed by atoms with Gasteiger partial charge in [0, 0.05) is 20.3 Å². The van der Waals surface area contributed by atoms with Crippen molar-refractivity contribution >= 4 is 11.6 Å². The van der Waals surface area contributed by atoms with E-state index < -0.39 is 0 Å². The number of nitrogens with zero attached hydrogens (tertiary/aromatic N) is 4. The van der Waals surface area contributed by atoms with Gasteiger partial charge in [-0.15, -0.1) is 10.2 Å². The topological polar surface area (TPSA) is 60.2 Å². The molecule has 110 valence electrons. The van der Waals surface area contributed by atoms with Crippen molar-refractivity contribution in [3.05, 3.63) is 35.9 Å². The molecule has 0 saturated carbocycles. The molecule has 1 aliphatic heterocycles. The van der Waals surface area contributed by atoms with Gasteiger partial charge in [-0.2, -0.15) is 0 Å². The Balaban J connectivity index is 2.06. The van der Waals surface area contributed by atoms with Gasteiger partial charge in [0.05, 0.1) is 17.8 Å². The number of hydrogen-bond acceptors (Lipinski definition) is 4. The highest BCUT2D eigenvalue weighted by molar-refractivity contribution is 5.97. The third-order valence-electron chi connectivity index (χ3n) is 3.65. The zero-order chi connectivity index (χ0) is 14.8. The van der Waals surface area contributed by atoms with E-state index in [1.807, 2.05) is 40.7 Å². The molecule has 0 aliphatic carbocycles. The second kappa shape index (κ2) is 5.65. The quantitative estimate of drug-likeness (QED) is 0.799. The first-order chi connectivity index (χ1) is 10.2. The fourth-order valence-electron chi connectivity index (χ4n) is 2.69. The number of carbonyl (C=O) groups is 1. The molecule has 1 amide bonds. The zero-order valence-corrected chi connectivity index (χ0v) is 12.2. The Bertz CT molecular complexity index is 665. The van der Waals surface area contributed by atoms with Crippen LogP contribution in [-0.2, 0) is 16.0 Å². The smallest absolute Gasteiger partial charge is 0.234 e. The van der Waals surface area contributed by atoms with E-state index in [1.165, 1.54) is 0 Å². The molecule has 21 heavy (non-hydrogen) atoms. The van der Waals surface area contributed by atoms with E-state index in [-0.39, 0.29) is 12.3 Å². The molecule has 1 aromatic heterocycles. The lowest BCUT2D eigenvalue weighted by molar-refractivity contribution is -0.118. The average Bonchev–Trinajstić information content (AvgIpc) is 2.78. The summed E-state index contributed by atoms with van der Waals surface area (Å²) in [6, 6.07) is 7.87. The van der Waals surface area contributed by atoms with Crippen molar-refractivity contribution in [2.45, 2.75) is 19.8 Å². The van der Waals surface area contributed by atoms with Crippen molar-refractivity contribution in [2.75, 3.05) is 25.2 Å². The van der Waals surface area contributed by atoms with Crippen LogP contribution in [-0.4, -0.2) is 40.9 Å². The highest BCUT2D eigenvalue weighted by atomic mass is 16.5. The summed E-state index contributed by atoms with van der Waals surface area (Å²) in [5, 5.41) is 8.23. The molecule has 0 spiro atoms. The summed E-state index contributed by atoms with van der Waals surface area (Å²) in [5.74, 6) is 1.54. The van der Waals surface area contributed by atoms with Crippen LogP contribution < -0.4 is 4.90 Å². The van der Waals surface area contributed by atoms with Gasteiger partial charge in [-0.1, -0.05) is 12.1 Å². The van der Waals surface area contributed by atoms with Crippen LogP contribution in [0.5, 0.6) is 0 Å². The minimum Gasteiger partial charge on any atom is -0.385 e. The van der Waals surface area contributed by atoms with Crippen LogP contribution in [0.1, 0.15) is 18.1 Å². The van der Waals surface area contributed by atoms with Gasteiger partial charge in [0.1, 0.15) is 11.6 Å². The Morgan fingerprint density at radius 1 is 1.24 bits per heavy atom. The van der Waals surface area contributed by atoms with Crippen LogP contribution in [0, 0.1) is 6.92 Å². The molecule has 2 heterocycles. The zero-order valence-electron chi connectivity index (χ0n) is 12.2. The van der Waals surface area contributed by atoms with Gasteiger partial charge >= 0.3 is 0 Å². The molecule has 6 nitrogen and oxygen atoms in total. The summed E-state index contributed by atoms with van der Waals surface area (Å²) in [4.78, 5) is 14.4. The van der Waals surface area contributed by atoms with Crippen molar-refractivity contribution in [3.63, 3.8) is 0 Å². The predicted molar refractivity (Wildman–Crippen MR) is 78.6 cm³/mol. The Hall–Kier alpha value is -2.21. The van der Waals surface area contributed by atoms with E-state index in [1.54, 1.807) is 7.11 Å². The van der Waals surface area contributed by atoms with Crippen LogP contribution in [0.3, 0.4) is 0 Å². The molecule has 0 bridgehead atoms. The Kier molecular flexibility index (Phi) is 3.70. The van der Waals surface area contributed by atoms with Gasteiger partial charge in [0.2, 0.25) is 5.91 Å². The molecule has 1 aromatic carbocycles. The van der Waals surface area contributed by atoms with Crippen molar-refractivity contribution in [3.8, 4) is 5.69 Å². The number of hydrogen-bond donors (Lipinski definition) is 0. The van der Waals surface area contributed by atoms with Gasteiger partial charge < -0.3 is 9.64 Å². The van der Waals surface area contributed by atoms with Crippen molar-refractivity contribution < 1.29 is 9.53 Å². The number of methoxy groups -OCH3 is 1. The van der Waals surface area contributed by atoms with E-state index in [0.29, 0.717) is 19.0 Å². The number of fused-ring (bicyclic) bond motifs is 3. The summed E-state index contributed by atoms with van der Waals surface area (Å²) in [7, 11) is 1.67. The maximum Gasteiger partial charge on any atom is 0.234 e. The first-order valence-electron chi connectivity index (χ1n) is 7.02. The molecule has 0 radical (unpaired) electrons. The van der Waals surface area contributed by atoms with Crippen LogP contribution in [0.15, 0.2) is 24.3 Å². The summed E-state index contributed by atoms with van der Waals surface area (Å²) < 4.78 is 7.05. The minimum atomic E-state index is 0.0460. The molecule has 3 rings (SSSR count). The Morgan fingerprint density at radius 2 is 2.00 bits per heavy atom. The number of aryl methyl sites for hydroxylation is 1. The molecule has 6 heteroatoms. The number of ether oxygens (including phenoxy) is 1. The van der Waals surface area contributed by atoms with Crippen molar-refractivity contribution in [1.82, 2.24) is 14.8 Å². The van der Waals surface area contributed by atoms with E-state index in [4.69, 9.17) is 4.74 Å². The third kappa shape index (κ3) is 2.42. The average molecular weight is 286 g/mol. The second-order valence-electron chi connectivity index (χ2n) is 5.06. The van der Waals surface area contributed by atoms with E-state index >= 15 is 0 Å². The lowest BCUT2D eigenvalue weighted by atomic mass is 10.2. The van der Waals surface area contributed by atoms with Gasteiger partial charge in [0.25, 0.3) is 0 Å².